The van der Waals surface area contributed by atoms with Gasteiger partial charge >= 0.3 is 308 Å². The Labute approximate surface area is 330 Å². The van der Waals surface area contributed by atoms with Gasteiger partial charge < -0.3 is 0 Å². The fourth-order valence-electron chi connectivity index (χ4n) is 10.2. The molecule has 4 aromatic rings. The quantitative estimate of drug-likeness (QED) is 0.163. The molecule has 0 nitrogen and oxygen atoms in total. The van der Waals surface area contributed by atoms with Crippen LogP contribution in [0.25, 0.3) is 34.4 Å². The van der Waals surface area contributed by atoms with Crippen LogP contribution >= 0.6 is 24.8 Å². The summed E-state index contributed by atoms with van der Waals surface area (Å²) in [5, 5.41) is 0. The first-order valence-corrected chi connectivity index (χ1v) is 33.3. The Kier molecular flexibility index (Phi) is 12.1. The summed E-state index contributed by atoms with van der Waals surface area (Å²) in [6, 6.07) is 33.5. The third-order valence-corrected chi connectivity index (χ3v) is 30.4. The molecule has 0 saturated heterocycles. The second-order valence-corrected chi connectivity index (χ2v) is 49.2. The van der Waals surface area contributed by atoms with Crippen molar-refractivity contribution < 1.29 is 17.4 Å². The minimum atomic E-state index is -3.76. The topological polar surface area (TPSA) is 0 Å². The van der Waals surface area contributed by atoms with Crippen LogP contribution in [0.2, 0.25) is 9.26 Å². The van der Waals surface area contributed by atoms with Gasteiger partial charge in [0.1, 0.15) is 0 Å². The molecule has 2 atom stereocenters. The van der Waals surface area contributed by atoms with Gasteiger partial charge in [-0.25, -0.2) is 0 Å². The average Bonchev–Trinajstić information content (AvgIpc) is 3.69. The van der Waals surface area contributed by atoms with Gasteiger partial charge in [0.05, 0.1) is 0 Å². The van der Waals surface area contributed by atoms with Crippen LogP contribution in [-0.2, 0) is 22.8 Å². The van der Waals surface area contributed by atoms with Crippen molar-refractivity contribution in [1.82, 2.24) is 0 Å². The Bertz CT molecular complexity index is 2040. The molecule has 0 radical (unpaired) electrons. The monoisotopic (exact) mass is 826 g/mol. The fraction of sp³-hybridized carbons (Fsp3) is 0.417. The summed E-state index contributed by atoms with van der Waals surface area (Å²) < 4.78 is 6.78. The molecule has 3 aliphatic rings. The number of halogens is 2. The molecule has 0 bridgehead atoms. The Morgan fingerprint density at radius 2 is 1.19 bits per heavy atom. The van der Waals surface area contributed by atoms with Gasteiger partial charge in [0.2, 0.25) is 0 Å². The van der Waals surface area contributed by atoms with E-state index in [-0.39, 0.29) is 30.2 Å². The van der Waals surface area contributed by atoms with E-state index in [1.165, 1.54) is 70.2 Å². The largest absolute Gasteiger partial charge is 0.147 e. The van der Waals surface area contributed by atoms with Crippen LogP contribution in [0.3, 0.4) is 0 Å². The summed E-state index contributed by atoms with van der Waals surface area (Å²) >= 11 is -3.76. The van der Waals surface area contributed by atoms with Gasteiger partial charge in [-0.3, -0.25) is 0 Å². The molecule has 52 heavy (non-hydrogen) atoms. The first kappa shape index (κ1) is 41.2. The second-order valence-electron chi connectivity index (χ2n) is 18.7. The molecule has 0 aliphatic heterocycles. The summed E-state index contributed by atoms with van der Waals surface area (Å²) in [5.74, 6) is 2.09. The van der Waals surface area contributed by atoms with E-state index < -0.39 is 17.4 Å². The summed E-state index contributed by atoms with van der Waals surface area (Å²) in [6.07, 6.45) is 11.9. The normalized spacial score (nSPS) is 21.4. The first-order chi connectivity index (χ1) is 23.7. The molecule has 1 saturated carbocycles. The minimum absolute atomic E-state index is 0. The predicted molar refractivity (Wildman–Crippen MR) is 234 cm³/mol. The Morgan fingerprint density at radius 3 is 1.69 bits per heavy atom. The second kappa shape index (κ2) is 15.3. The number of benzene rings is 4. The zero-order valence-corrected chi connectivity index (χ0v) is 38.7. The van der Waals surface area contributed by atoms with E-state index >= 15 is 0 Å². The average molecular weight is 829 g/mol. The number of allylic oxidation sites excluding steroid dienone is 2. The maximum absolute atomic E-state index is 3.76. The molecule has 3 aliphatic carbocycles. The van der Waals surface area contributed by atoms with Crippen molar-refractivity contribution in [1.29, 1.82) is 0 Å². The van der Waals surface area contributed by atoms with Crippen LogP contribution in [-0.4, -0.2) is 6.88 Å². The molecular weight excluding hydrogens is 767 g/mol. The SMILES string of the molecule is CCC1=Cc2c(-c3ccc(C(C)(C)C)cc3)cccc2[CH]1[Zr]([CH3])([CH3])(=[SiH2])[CH]1C(C2CCC(C)CC2)=Cc2c(-c3ccc(C(C)C)cc3)cccc21.Cl.Cl. The molecule has 1 fully saturated rings. The van der Waals surface area contributed by atoms with Gasteiger partial charge in [0, 0.05) is 0 Å². The zero-order chi connectivity index (χ0) is 35.6. The minimum Gasteiger partial charge on any atom is -0.147 e. The summed E-state index contributed by atoms with van der Waals surface area (Å²) in [4.78, 5) is 0. The standard InChI is InChI=1S/C25H29.C21H23.2CH3.2ClH.H2Si.Zr/c1-17(2)19-11-13-21(14-12-19)24-6-4-5-22-15-23(16-25(22)24)20-9-7-18(3)8-10-20;1-5-15-13-17-7-6-8-19(20(17)14-15)16-9-11-18(12-10-16)21(2,3)4;;;;;;/h4-6,11-18,20H,7-10H2,1-3H3;6-14H,5H2,1-4H3;2*1H3;2*1H;1H2;. The third-order valence-electron chi connectivity index (χ3n) is 13.0. The fourth-order valence-corrected chi connectivity index (χ4v) is 30.0. The van der Waals surface area contributed by atoms with Crippen molar-refractivity contribution >= 4 is 43.8 Å². The van der Waals surface area contributed by atoms with Crippen molar-refractivity contribution in [2.24, 2.45) is 11.8 Å². The van der Waals surface area contributed by atoms with Gasteiger partial charge in [-0.2, -0.15) is 0 Å². The van der Waals surface area contributed by atoms with Crippen LogP contribution in [0.15, 0.2) is 96.1 Å². The molecule has 2 unspecified atom stereocenters. The molecule has 0 heterocycles. The van der Waals surface area contributed by atoms with Crippen LogP contribution in [0.5, 0.6) is 0 Å². The Balaban J connectivity index is 0.00000261. The van der Waals surface area contributed by atoms with Crippen molar-refractivity contribution in [2.45, 2.75) is 108 Å². The molecule has 4 heteroatoms. The van der Waals surface area contributed by atoms with Crippen LogP contribution in [0.4, 0.5) is 0 Å². The van der Waals surface area contributed by atoms with Crippen LogP contribution in [0, 0.1) is 11.8 Å². The number of hydrogen-bond acceptors (Lipinski definition) is 0. The molecule has 7 rings (SSSR count). The van der Waals surface area contributed by atoms with Crippen LogP contribution < -0.4 is 0 Å². The number of hydrogen-bond donors (Lipinski definition) is 0. The molecular formula is C48H62Cl2SiZr. The van der Waals surface area contributed by atoms with E-state index in [0.717, 1.165) is 12.3 Å². The van der Waals surface area contributed by atoms with E-state index in [1.807, 2.05) is 0 Å². The molecule has 0 N–H and O–H groups in total. The zero-order valence-electron chi connectivity index (χ0n) is 33.2. The van der Waals surface area contributed by atoms with E-state index in [9.17, 15) is 0 Å². The Hall–Kier alpha value is -1.96. The van der Waals surface area contributed by atoms with E-state index in [1.54, 1.807) is 22.3 Å². The number of fused-ring (bicyclic) bond motifs is 2. The van der Waals surface area contributed by atoms with Crippen molar-refractivity contribution in [2.75, 3.05) is 0 Å². The Morgan fingerprint density at radius 1 is 0.692 bits per heavy atom. The van der Waals surface area contributed by atoms with Crippen molar-refractivity contribution in [3.8, 4) is 22.3 Å². The maximum Gasteiger partial charge on any atom is -0.147 e. The molecule has 4 aromatic carbocycles. The van der Waals surface area contributed by atoms with Gasteiger partial charge in [-0.1, -0.05) is 0 Å². The molecule has 0 amide bonds. The number of rotatable bonds is 7. The summed E-state index contributed by atoms with van der Waals surface area (Å²) in [6.45, 7) is 18.9. The van der Waals surface area contributed by atoms with Gasteiger partial charge in [-0.15, -0.1) is 24.8 Å². The van der Waals surface area contributed by atoms with Gasteiger partial charge in [0.15, 0.2) is 0 Å². The first-order valence-electron chi connectivity index (χ1n) is 19.6. The smallest absolute Gasteiger partial charge is 0.147 e. The van der Waals surface area contributed by atoms with E-state index in [0.29, 0.717) is 19.1 Å². The summed E-state index contributed by atoms with van der Waals surface area (Å²) in [7, 11) is 0. The van der Waals surface area contributed by atoms with Crippen LogP contribution in [0.1, 0.15) is 127 Å². The van der Waals surface area contributed by atoms with Gasteiger partial charge in [0.25, 0.3) is 0 Å². The molecule has 0 aromatic heterocycles. The maximum atomic E-state index is 2.84. The third kappa shape index (κ3) is 7.38. The van der Waals surface area contributed by atoms with Gasteiger partial charge in [-0.05, 0) is 0 Å². The van der Waals surface area contributed by atoms with E-state index in [4.69, 9.17) is 0 Å². The molecule has 276 valence electrons. The van der Waals surface area contributed by atoms with Crippen molar-refractivity contribution in [3.05, 3.63) is 129 Å². The summed E-state index contributed by atoms with van der Waals surface area (Å²) in [5.41, 5.74) is 18.2. The molecule has 0 spiro atoms. The predicted octanol–water partition coefficient (Wildman–Crippen LogP) is 14.4. The van der Waals surface area contributed by atoms with Crippen molar-refractivity contribution in [3.63, 3.8) is 0 Å². The van der Waals surface area contributed by atoms with E-state index in [2.05, 4.69) is 162 Å².